The summed E-state index contributed by atoms with van der Waals surface area (Å²) in [5, 5.41) is -0.366. The summed E-state index contributed by atoms with van der Waals surface area (Å²) >= 11 is 0. The van der Waals surface area contributed by atoms with Crippen LogP contribution in [-0.4, -0.2) is 43.5 Å². The van der Waals surface area contributed by atoms with E-state index in [2.05, 4.69) is 9.71 Å². The van der Waals surface area contributed by atoms with Gasteiger partial charge in [0.1, 0.15) is 23.2 Å². The Labute approximate surface area is 215 Å². The summed E-state index contributed by atoms with van der Waals surface area (Å²) < 4.78 is 47.8. The molecular weight excluding hydrogens is 497 g/mol. The smallest absolute Gasteiger partial charge is 0.281 e. The second-order valence-electron chi connectivity index (χ2n) is 9.47. The SMILES string of the molecule is CC(C)COc1cc(F)cc(-c2ccc(C(=O)NS(=O)(=O)c3cccc(N)n3)c(N3CCCC3C)n2)c1. The second-order valence-corrected chi connectivity index (χ2v) is 11.1. The number of pyridine rings is 2. The predicted molar refractivity (Wildman–Crippen MR) is 139 cm³/mol. The average molecular weight is 528 g/mol. The fourth-order valence-corrected chi connectivity index (χ4v) is 5.06. The molecule has 3 N–H and O–H groups in total. The molecule has 0 spiro atoms. The number of ether oxygens (including phenoxy) is 1. The number of sulfonamides is 1. The molecule has 0 aliphatic carbocycles. The summed E-state index contributed by atoms with van der Waals surface area (Å²) in [5.74, 6) is -0.340. The average Bonchev–Trinajstić information content (AvgIpc) is 3.27. The zero-order chi connectivity index (χ0) is 26.7. The van der Waals surface area contributed by atoms with Crippen LogP contribution in [0.15, 0.2) is 53.6 Å². The summed E-state index contributed by atoms with van der Waals surface area (Å²) in [6.07, 6.45) is 1.79. The number of nitrogen functional groups attached to an aromatic ring is 1. The Hall–Kier alpha value is -3.73. The van der Waals surface area contributed by atoms with Gasteiger partial charge >= 0.3 is 0 Å². The van der Waals surface area contributed by atoms with Crippen molar-refractivity contribution < 1.29 is 22.3 Å². The number of nitrogens with one attached hydrogen (secondary N) is 1. The molecule has 1 amide bonds. The Balaban J connectivity index is 1.71. The second kappa shape index (κ2) is 10.7. The van der Waals surface area contributed by atoms with Gasteiger partial charge in [-0.3, -0.25) is 4.79 Å². The van der Waals surface area contributed by atoms with E-state index in [4.69, 9.17) is 15.5 Å². The molecule has 3 aromatic rings. The molecule has 1 fully saturated rings. The summed E-state index contributed by atoms with van der Waals surface area (Å²) in [6.45, 7) is 7.09. The Morgan fingerprint density at radius 3 is 2.68 bits per heavy atom. The maximum absolute atomic E-state index is 14.4. The summed E-state index contributed by atoms with van der Waals surface area (Å²) in [5.41, 5.74) is 6.60. The van der Waals surface area contributed by atoms with Gasteiger partial charge in [-0.25, -0.2) is 19.1 Å². The van der Waals surface area contributed by atoms with E-state index in [0.29, 0.717) is 36.0 Å². The van der Waals surface area contributed by atoms with Crippen molar-refractivity contribution >= 4 is 27.6 Å². The fourth-order valence-electron chi connectivity index (χ4n) is 4.12. The molecule has 1 aliphatic heterocycles. The Morgan fingerprint density at radius 2 is 2.00 bits per heavy atom. The highest BCUT2D eigenvalue weighted by Crippen LogP contribution is 2.32. The Bertz CT molecular complexity index is 1410. The van der Waals surface area contributed by atoms with Gasteiger partial charge in [0.2, 0.25) is 0 Å². The fraction of sp³-hybridized carbons (Fsp3) is 0.346. The van der Waals surface area contributed by atoms with Crippen LogP contribution >= 0.6 is 0 Å². The number of hydrogen-bond donors (Lipinski definition) is 2. The van der Waals surface area contributed by atoms with Crippen LogP contribution in [0, 0.1) is 11.7 Å². The summed E-state index contributed by atoms with van der Waals surface area (Å²) in [7, 11) is -4.27. The maximum atomic E-state index is 14.4. The molecule has 1 unspecified atom stereocenters. The van der Waals surface area contributed by atoms with Gasteiger partial charge in [-0.1, -0.05) is 19.9 Å². The molecule has 1 aromatic carbocycles. The largest absolute Gasteiger partial charge is 0.493 e. The lowest BCUT2D eigenvalue weighted by Gasteiger charge is -2.25. The number of hydrogen-bond acceptors (Lipinski definition) is 8. The molecule has 3 heterocycles. The van der Waals surface area contributed by atoms with Crippen LogP contribution in [0.25, 0.3) is 11.3 Å². The highest BCUT2D eigenvalue weighted by atomic mass is 32.2. The highest BCUT2D eigenvalue weighted by Gasteiger charge is 2.29. The zero-order valence-corrected chi connectivity index (χ0v) is 21.8. The van der Waals surface area contributed by atoms with Gasteiger partial charge in [0.15, 0.2) is 5.03 Å². The van der Waals surface area contributed by atoms with E-state index < -0.39 is 21.7 Å². The summed E-state index contributed by atoms with van der Waals surface area (Å²) in [6, 6.07) is 11.6. The van der Waals surface area contributed by atoms with E-state index in [1.807, 2.05) is 25.7 Å². The van der Waals surface area contributed by atoms with Crippen LogP contribution in [0.1, 0.15) is 44.0 Å². The van der Waals surface area contributed by atoms with Gasteiger partial charge in [-0.15, -0.1) is 0 Å². The number of nitrogens with zero attached hydrogens (tertiary/aromatic N) is 3. The normalized spacial score (nSPS) is 15.7. The molecule has 1 saturated heterocycles. The van der Waals surface area contributed by atoms with Crippen LogP contribution in [0.5, 0.6) is 5.75 Å². The minimum Gasteiger partial charge on any atom is -0.493 e. The first-order valence-electron chi connectivity index (χ1n) is 12.0. The van der Waals surface area contributed by atoms with Crippen molar-refractivity contribution in [2.75, 3.05) is 23.8 Å². The molecule has 4 rings (SSSR count). The van der Waals surface area contributed by atoms with Gasteiger partial charge in [-0.05, 0) is 62.1 Å². The van der Waals surface area contributed by atoms with E-state index in [-0.39, 0.29) is 28.4 Å². The standard InChI is InChI=1S/C26H30FN5O4S/c1-16(2)15-36-20-13-18(12-19(27)14-20)22-10-9-21(25(29-22)32-11-5-6-17(32)3)26(33)31-37(34,35)24-8-4-7-23(28)30-24/h4,7-10,12-14,16-17H,5-6,11,15H2,1-3H3,(H2,28,30)(H,31,33). The molecule has 9 nitrogen and oxygen atoms in total. The molecule has 2 aromatic heterocycles. The molecule has 0 saturated carbocycles. The quantitative estimate of drug-likeness (QED) is 0.450. The first-order valence-corrected chi connectivity index (χ1v) is 13.5. The molecule has 0 bridgehead atoms. The van der Waals surface area contributed by atoms with Crippen molar-refractivity contribution in [2.45, 2.75) is 44.7 Å². The van der Waals surface area contributed by atoms with Crippen molar-refractivity contribution in [1.29, 1.82) is 0 Å². The third kappa shape index (κ3) is 6.16. The molecule has 1 atom stereocenters. The van der Waals surface area contributed by atoms with E-state index in [1.165, 1.54) is 36.4 Å². The lowest BCUT2D eigenvalue weighted by molar-refractivity contribution is 0.0981. The molecule has 1 aliphatic rings. The first-order chi connectivity index (χ1) is 17.5. The van der Waals surface area contributed by atoms with Crippen molar-refractivity contribution in [2.24, 2.45) is 5.92 Å². The predicted octanol–water partition coefficient (Wildman–Crippen LogP) is 4.01. The number of carbonyl (C=O) groups excluding carboxylic acids is 1. The maximum Gasteiger partial charge on any atom is 0.281 e. The topological polar surface area (TPSA) is 128 Å². The number of aromatic nitrogens is 2. The lowest BCUT2D eigenvalue weighted by atomic mass is 10.1. The van der Waals surface area contributed by atoms with Crippen molar-refractivity contribution in [3.63, 3.8) is 0 Å². The first kappa shape index (κ1) is 26.3. The third-order valence-electron chi connectivity index (χ3n) is 5.94. The van der Waals surface area contributed by atoms with Crippen LogP contribution in [0.3, 0.4) is 0 Å². The molecular formula is C26H30FN5O4S. The van der Waals surface area contributed by atoms with E-state index in [0.717, 1.165) is 12.8 Å². The molecule has 0 radical (unpaired) electrons. The lowest BCUT2D eigenvalue weighted by Crippen LogP contribution is -2.35. The molecule has 11 heteroatoms. The Morgan fingerprint density at radius 1 is 1.22 bits per heavy atom. The van der Waals surface area contributed by atoms with Gasteiger partial charge in [0.25, 0.3) is 15.9 Å². The number of rotatable bonds is 8. The minimum atomic E-state index is -4.27. The highest BCUT2D eigenvalue weighted by molar-refractivity contribution is 7.90. The van der Waals surface area contributed by atoms with Crippen molar-refractivity contribution in [3.8, 4) is 17.0 Å². The van der Waals surface area contributed by atoms with Crippen molar-refractivity contribution in [1.82, 2.24) is 14.7 Å². The van der Waals surface area contributed by atoms with Crippen LogP contribution in [-0.2, 0) is 10.0 Å². The van der Waals surface area contributed by atoms with E-state index >= 15 is 0 Å². The number of amides is 1. The van der Waals surface area contributed by atoms with E-state index in [9.17, 15) is 17.6 Å². The molecule has 196 valence electrons. The number of carbonyl (C=O) groups is 1. The number of halogens is 1. The molecule has 37 heavy (non-hydrogen) atoms. The van der Waals surface area contributed by atoms with Crippen molar-refractivity contribution in [3.05, 3.63) is 59.9 Å². The van der Waals surface area contributed by atoms with Gasteiger partial charge in [0.05, 0.1) is 17.9 Å². The zero-order valence-electron chi connectivity index (χ0n) is 20.9. The van der Waals surface area contributed by atoms with Gasteiger partial charge < -0.3 is 15.4 Å². The van der Waals surface area contributed by atoms with Gasteiger partial charge in [-0.2, -0.15) is 8.42 Å². The van der Waals surface area contributed by atoms with E-state index in [1.54, 1.807) is 12.1 Å². The Kier molecular flexibility index (Phi) is 7.63. The van der Waals surface area contributed by atoms with Gasteiger partial charge in [0, 0.05) is 24.2 Å². The van der Waals surface area contributed by atoms with Crippen LogP contribution in [0.2, 0.25) is 0 Å². The van der Waals surface area contributed by atoms with Crippen LogP contribution < -0.4 is 20.1 Å². The third-order valence-corrected chi connectivity index (χ3v) is 7.17. The number of nitrogens with two attached hydrogens (primary N) is 1. The van der Waals surface area contributed by atoms with Crippen LogP contribution in [0.4, 0.5) is 16.0 Å². The number of benzene rings is 1. The number of anilines is 2. The minimum absolute atomic E-state index is 0.0137. The summed E-state index contributed by atoms with van der Waals surface area (Å²) in [4.78, 5) is 23.7. The monoisotopic (exact) mass is 527 g/mol.